The van der Waals surface area contributed by atoms with Gasteiger partial charge >= 0.3 is 0 Å². The fraction of sp³-hybridized carbons (Fsp3) is 0.382. The van der Waals surface area contributed by atoms with Crippen LogP contribution in [0.4, 0.5) is 5.69 Å². The number of fused-ring (bicyclic) bond motifs is 1. The summed E-state index contributed by atoms with van der Waals surface area (Å²) in [6.45, 7) is 1.61. The molecule has 2 atom stereocenters. The van der Waals surface area contributed by atoms with Crippen LogP contribution in [0.2, 0.25) is 5.02 Å². The number of likely N-dealkylation sites (N-methyl/N-ethyl adjacent to an activating group) is 1. The summed E-state index contributed by atoms with van der Waals surface area (Å²) in [5.41, 5.74) is -0.776. The van der Waals surface area contributed by atoms with E-state index >= 15 is 4.79 Å². The molecule has 1 unspecified atom stereocenters. The molecule has 2 aliphatic heterocycles. The first-order chi connectivity index (χ1) is 22.4. The zero-order valence-electron chi connectivity index (χ0n) is 27.1. The van der Waals surface area contributed by atoms with Crippen molar-refractivity contribution in [1.29, 1.82) is 5.26 Å². The van der Waals surface area contributed by atoms with Gasteiger partial charge in [0.1, 0.15) is 11.5 Å². The molecule has 3 aromatic rings. The van der Waals surface area contributed by atoms with Gasteiger partial charge in [0.15, 0.2) is 5.54 Å². The van der Waals surface area contributed by atoms with Crippen LogP contribution in [0.1, 0.15) is 36.0 Å². The van der Waals surface area contributed by atoms with Gasteiger partial charge in [-0.2, -0.15) is 5.26 Å². The molecule has 248 valence electrons. The molecule has 1 saturated heterocycles. The van der Waals surface area contributed by atoms with E-state index in [1.807, 2.05) is 20.2 Å². The molecule has 3 aromatic carbocycles. The molecule has 0 radical (unpaired) electrons. The Morgan fingerprint density at radius 3 is 2.43 bits per heavy atom. The minimum atomic E-state index is -4.51. The summed E-state index contributed by atoms with van der Waals surface area (Å²) < 4.78 is 41.5. The molecular formula is C34H38ClN5O6S. The predicted octanol–water partition coefficient (Wildman–Crippen LogP) is 4.08. The van der Waals surface area contributed by atoms with Gasteiger partial charge in [0, 0.05) is 49.4 Å². The van der Waals surface area contributed by atoms with E-state index in [0.717, 1.165) is 17.3 Å². The summed E-state index contributed by atoms with van der Waals surface area (Å²) in [6, 6.07) is 16.3. The highest BCUT2D eigenvalue weighted by molar-refractivity contribution is 7.93. The highest BCUT2D eigenvalue weighted by Gasteiger charge is 2.63. The highest BCUT2D eigenvalue weighted by Crippen LogP contribution is 2.55. The Kier molecular flexibility index (Phi) is 9.84. The van der Waals surface area contributed by atoms with E-state index in [4.69, 9.17) is 21.1 Å². The largest absolute Gasteiger partial charge is 0.496 e. The van der Waals surface area contributed by atoms with Gasteiger partial charge < -0.3 is 19.3 Å². The Morgan fingerprint density at radius 1 is 1.06 bits per heavy atom. The first-order valence-corrected chi connectivity index (χ1v) is 17.0. The third-order valence-corrected chi connectivity index (χ3v) is 10.5. The van der Waals surface area contributed by atoms with Gasteiger partial charge in [0.25, 0.3) is 15.9 Å². The van der Waals surface area contributed by atoms with Crippen molar-refractivity contribution in [2.75, 3.05) is 59.3 Å². The standard InChI is InChI=1S/C34H38ClN5O6S/c1-37(2)17-7-19-46-25-12-15-27(31(21-25)45-5)34(39-18-6-8-30(39)32(41)38(3)4)28-20-24(35)11-16-29(28)40(33(34)42)47(43,44)26-13-9-23(22-36)10-14-26/h9-16,20-21,30H,6-8,17-19H2,1-5H3/t30-,34?/m0/s1. The van der Waals surface area contributed by atoms with E-state index in [0.29, 0.717) is 42.9 Å². The van der Waals surface area contributed by atoms with Crippen molar-refractivity contribution < 1.29 is 27.5 Å². The number of benzene rings is 3. The fourth-order valence-corrected chi connectivity index (χ4v) is 8.07. The van der Waals surface area contributed by atoms with Crippen molar-refractivity contribution in [2.24, 2.45) is 0 Å². The first kappa shape index (κ1) is 34.2. The summed E-state index contributed by atoms with van der Waals surface area (Å²) in [5.74, 6) is -0.211. The normalized spacial score (nSPS) is 19.5. The van der Waals surface area contributed by atoms with Crippen molar-refractivity contribution >= 4 is 39.1 Å². The van der Waals surface area contributed by atoms with Crippen LogP contribution >= 0.6 is 11.6 Å². The number of methoxy groups -OCH3 is 1. The van der Waals surface area contributed by atoms with Crippen molar-refractivity contribution in [2.45, 2.75) is 35.7 Å². The molecule has 1 fully saturated rings. The van der Waals surface area contributed by atoms with Gasteiger partial charge in [0.2, 0.25) is 5.91 Å². The van der Waals surface area contributed by atoms with Crippen molar-refractivity contribution in [1.82, 2.24) is 14.7 Å². The molecule has 0 aromatic heterocycles. The van der Waals surface area contributed by atoms with Crippen LogP contribution in [-0.2, 0) is 25.2 Å². The second kappa shape index (κ2) is 13.5. The van der Waals surface area contributed by atoms with Crippen LogP contribution in [0.15, 0.2) is 65.6 Å². The molecule has 0 saturated carbocycles. The topological polar surface area (TPSA) is 123 Å². The zero-order chi connectivity index (χ0) is 34.1. The number of carbonyl (C=O) groups is 2. The molecule has 0 N–H and O–H groups in total. The number of halogens is 1. The van der Waals surface area contributed by atoms with E-state index in [-0.39, 0.29) is 32.8 Å². The third-order valence-electron chi connectivity index (χ3n) is 8.57. The molecule has 0 bridgehead atoms. The molecular weight excluding hydrogens is 642 g/mol. The maximum absolute atomic E-state index is 15.3. The number of carbonyl (C=O) groups excluding carboxylic acids is 2. The monoisotopic (exact) mass is 679 g/mol. The Bertz CT molecular complexity index is 1830. The first-order valence-electron chi connectivity index (χ1n) is 15.2. The third kappa shape index (κ3) is 6.05. The van der Waals surface area contributed by atoms with Crippen LogP contribution in [0.5, 0.6) is 11.5 Å². The molecule has 2 heterocycles. The summed E-state index contributed by atoms with van der Waals surface area (Å²) in [6.07, 6.45) is 1.84. The Balaban J connectivity index is 1.75. The molecule has 13 heteroatoms. The summed E-state index contributed by atoms with van der Waals surface area (Å²) in [7, 11) is 4.23. The average Bonchev–Trinajstić information content (AvgIpc) is 3.63. The van der Waals surface area contributed by atoms with Crippen LogP contribution in [0.3, 0.4) is 0 Å². The minimum absolute atomic E-state index is 0.109. The van der Waals surface area contributed by atoms with E-state index in [1.165, 1.54) is 48.4 Å². The van der Waals surface area contributed by atoms with Crippen molar-refractivity contribution in [3.63, 3.8) is 0 Å². The maximum atomic E-state index is 15.3. The quantitative estimate of drug-likeness (QED) is 0.276. The summed E-state index contributed by atoms with van der Waals surface area (Å²) in [4.78, 5) is 34.1. The summed E-state index contributed by atoms with van der Waals surface area (Å²) >= 11 is 6.59. The Labute approximate surface area is 280 Å². The van der Waals surface area contributed by atoms with E-state index in [1.54, 1.807) is 43.3 Å². The van der Waals surface area contributed by atoms with E-state index in [2.05, 4.69) is 4.90 Å². The summed E-state index contributed by atoms with van der Waals surface area (Å²) in [5, 5.41) is 9.57. The molecule has 11 nitrogen and oxygen atoms in total. The smallest absolute Gasteiger partial charge is 0.271 e. The van der Waals surface area contributed by atoms with E-state index < -0.39 is 27.5 Å². The minimum Gasteiger partial charge on any atom is -0.496 e. The molecule has 47 heavy (non-hydrogen) atoms. The predicted molar refractivity (Wildman–Crippen MR) is 178 cm³/mol. The molecule has 0 spiro atoms. The lowest BCUT2D eigenvalue weighted by molar-refractivity contribution is -0.138. The molecule has 0 aliphatic carbocycles. The number of sulfonamides is 1. The number of nitrogens with zero attached hydrogens (tertiary/aromatic N) is 5. The van der Waals surface area contributed by atoms with E-state index in [9.17, 15) is 18.5 Å². The van der Waals surface area contributed by atoms with Crippen LogP contribution in [-0.4, -0.2) is 96.0 Å². The number of hydrogen-bond acceptors (Lipinski definition) is 9. The highest BCUT2D eigenvalue weighted by atomic mass is 35.5. The molecule has 2 amide bonds. The Hall–Kier alpha value is -4.15. The second-order valence-corrected chi connectivity index (χ2v) is 14.3. The van der Waals surface area contributed by atoms with Gasteiger partial charge in [-0.25, -0.2) is 12.7 Å². The number of likely N-dealkylation sites (tertiary alicyclic amines) is 1. The van der Waals surface area contributed by atoms with Crippen molar-refractivity contribution in [3.8, 4) is 17.6 Å². The molecule has 2 aliphatic rings. The Morgan fingerprint density at radius 2 is 1.79 bits per heavy atom. The van der Waals surface area contributed by atoms with Gasteiger partial charge in [-0.05, 0) is 88.0 Å². The zero-order valence-corrected chi connectivity index (χ0v) is 28.6. The van der Waals surface area contributed by atoms with Gasteiger partial charge in [0.05, 0.1) is 42.0 Å². The maximum Gasteiger partial charge on any atom is 0.271 e. The number of ether oxygens (including phenoxy) is 2. The SMILES string of the molecule is COc1cc(OCCCN(C)C)ccc1C1(N2CCC[C@H]2C(=O)N(C)C)C(=O)N(S(=O)(=O)c2ccc(C#N)cc2)c2ccc(Cl)cc21. The second-order valence-electron chi connectivity index (χ2n) is 12.0. The number of hydrogen-bond donors (Lipinski definition) is 0. The van der Waals surface area contributed by atoms with Crippen LogP contribution in [0.25, 0.3) is 0 Å². The fourth-order valence-electron chi connectivity index (χ4n) is 6.44. The lowest BCUT2D eigenvalue weighted by Gasteiger charge is -2.42. The average molecular weight is 680 g/mol. The van der Waals surface area contributed by atoms with Gasteiger partial charge in [-0.3, -0.25) is 14.5 Å². The molecule has 5 rings (SSSR count). The van der Waals surface area contributed by atoms with Gasteiger partial charge in [-0.15, -0.1) is 0 Å². The van der Waals surface area contributed by atoms with Gasteiger partial charge in [-0.1, -0.05) is 11.6 Å². The number of anilines is 1. The van der Waals surface area contributed by atoms with Crippen LogP contribution < -0.4 is 13.8 Å². The number of nitriles is 1. The van der Waals surface area contributed by atoms with Crippen molar-refractivity contribution in [3.05, 3.63) is 82.4 Å². The lowest BCUT2D eigenvalue weighted by Crippen LogP contribution is -2.59. The number of rotatable bonds is 11. The van der Waals surface area contributed by atoms with Crippen LogP contribution in [0, 0.1) is 11.3 Å². The lowest BCUT2D eigenvalue weighted by atomic mass is 9.80. The number of amides is 2.